The fraction of sp³-hybridized carbons (Fsp3) is 0.174. The largest absolute Gasteiger partial charge is 0.465 e. The number of H-pyrrole nitrogens is 1. The molecule has 3 aromatic carbocycles. The van der Waals surface area contributed by atoms with Crippen LogP contribution in [0.3, 0.4) is 0 Å². The van der Waals surface area contributed by atoms with Crippen LogP contribution in [0.4, 0.5) is 5.69 Å². The van der Waals surface area contributed by atoms with Crippen LogP contribution in [0.1, 0.15) is 12.5 Å². The summed E-state index contributed by atoms with van der Waals surface area (Å²) in [6.45, 7) is 3.99. The van der Waals surface area contributed by atoms with Gasteiger partial charge < -0.3 is 9.72 Å². The van der Waals surface area contributed by atoms with Crippen LogP contribution in [0.15, 0.2) is 70.5 Å². The number of aryl methyl sites for hydroxylation is 1. The zero-order valence-corrected chi connectivity index (χ0v) is 18.8. The number of aromatic amines is 1. The number of hydrogen-bond donors (Lipinski definition) is 2. The zero-order valence-electron chi connectivity index (χ0n) is 17.1. The van der Waals surface area contributed by atoms with E-state index in [4.69, 9.17) is 4.74 Å². The maximum absolute atomic E-state index is 13.0. The second kappa shape index (κ2) is 8.64. The van der Waals surface area contributed by atoms with Gasteiger partial charge in [0.25, 0.3) is 10.0 Å². The van der Waals surface area contributed by atoms with Crippen molar-refractivity contribution in [3.63, 3.8) is 0 Å². The highest BCUT2D eigenvalue weighted by molar-refractivity contribution is 8.00. The number of aromatic nitrogens is 1. The molecule has 8 heteroatoms. The van der Waals surface area contributed by atoms with Gasteiger partial charge in [-0.3, -0.25) is 9.52 Å². The maximum Gasteiger partial charge on any atom is 0.316 e. The third kappa shape index (κ3) is 4.55. The Kier molecular flexibility index (Phi) is 5.93. The van der Waals surface area contributed by atoms with E-state index in [-0.39, 0.29) is 16.6 Å². The van der Waals surface area contributed by atoms with Gasteiger partial charge in [0.2, 0.25) is 0 Å². The Bertz CT molecular complexity index is 1360. The van der Waals surface area contributed by atoms with E-state index in [2.05, 4.69) is 9.71 Å². The number of sulfonamides is 1. The van der Waals surface area contributed by atoms with Gasteiger partial charge in [-0.05, 0) is 44.2 Å². The van der Waals surface area contributed by atoms with Crippen LogP contribution in [0.2, 0.25) is 0 Å². The van der Waals surface area contributed by atoms with Crippen molar-refractivity contribution in [3.05, 3.63) is 66.2 Å². The molecule has 0 atom stereocenters. The van der Waals surface area contributed by atoms with E-state index in [0.29, 0.717) is 17.8 Å². The number of ether oxygens (including phenoxy) is 1. The van der Waals surface area contributed by atoms with Gasteiger partial charge in [-0.2, -0.15) is 0 Å². The highest BCUT2D eigenvalue weighted by atomic mass is 32.2. The van der Waals surface area contributed by atoms with Crippen molar-refractivity contribution in [2.75, 3.05) is 17.1 Å². The molecular weight excluding hydrogens is 432 g/mol. The second-order valence-corrected chi connectivity index (χ2v) is 9.81. The quantitative estimate of drug-likeness (QED) is 0.300. The Balaban J connectivity index is 1.78. The van der Waals surface area contributed by atoms with Crippen molar-refractivity contribution in [1.82, 2.24) is 4.98 Å². The number of thioether (sulfide) groups is 1. The number of hydrogen-bond acceptors (Lipinski definition) is 5. The van der Waals surface area contributed by atoms with Crippen LogP contribution >= 0.6 is 11.8 Å². The normalized spacial score (nSPS) is 11.7. The molecule has 0 saturated heterocycles. The molecular formula is C23H22N2O4S2. The fourth-order valence-corrected chi connectivity index (χ4v) is 5.19. The summed E-state index contributed by atoms with van der Waals surface area (Å²) < 4.78 is 33.8. The minimum absolute atomic E-state index is 0.145. The number of anilines is 1. The van der Waals surface area contributed by atoms with Crippen molar-refractivity contribution < 1.29 is 17.9 Å². The molecule has 160 valence electrons. The highest BCUT2D eigenvalue weighted by Crippen LogP contribution is 2.36. The molecule has 0 aliphatic rings. The molecule has 6 nitrogen and oxygen atoms in total. The van der Waals surface area contributed by atoms with E-state index >= 15 is 0 Å². The van der Waals surface area contributed by atoms with Crippen LogP contribution in [-0.4, -0.2) is 31.7 Å². The topological polar surface area (TPSA) is 88.3 Å². The van der Waals surface area contributed by atoms with Gasteiger partial charge in [-0.15, -0.1) is 11.8 Å². The Labute approximate surface area is 185 Å². The third-order valence-corrected chi connectivity index (χ3v) is 7.16. The predicted molar refractivity (Wildman–Crippen MR) is 125 cm³/mol. The van der Waals surface area contributed by atoms with Crippen molar-refractivity contribution in [3.8, 4) is 0 Å². The van der Waals surface area contributed by atoms with E-state index < -0.39 is 10.0 Å². The lowest BCUT2D eigenvalue weighted by Gasteiger charge is -2.12. The lowest BCUT2D eigenvalue weighted by atomic mass is 10.1. The number of carbonyl (C=O) groups excluding carboxylic acids is 1. The molecule has 0 bridgehead atoms. The predicted octanol–water partition coefficient (Wildman–Crippen LogP) is 5.09. The number of rotatable bonds is 7. The van der Waals surface area contributed by atoms with Crippen molar-refractivity contribution in [1.29, 1.82) is 0 Å². The average molecular weight is 455 g/mol. The molecule has 2 N–H and O–H groups in total. The monoisotopic (exact) mass is 454 g/mol. The first-order valence-corrected chi connectivity index (χ1v) is 12.3. The molecule has 0 saturated carbocycles. The molecule has 1 aromatic heterocycles. The molecule has 4 aromatic rings. The first kappa shape index (κ1) is 21.3. The molecule has 4 rings (SSSR count). The molecule has 0 amide bonds. The number of fused-ring (bicyclic) bond motifs is 3. The summed E-state index contributed by atoms with van der Waals surface area (Å²) in [5, 5.41) is 1.86. The Morgan fingerprint density at radius 2 is 1.81 bits per heavy atom. The molecule has 0 spiro atoms. The van der Waals surface area contributed by atoms with E-state index in [1.54, 1.807) is 37.3 Å². The Hall–Kier alpha value is -2.97. The van der Waals surface area contributed by atoms with E-state index in [1.165, 1.54) is 11.8 Å². The van der Waals surface area contributed by atoms with Crippen LogP contribution in [0, 0.1) is 6.92 Å². The number of carbonyl (C=O) groups is 1. The summed E-state index contributed by atoms with van der Waals surface area (Å²) in [7, 11) is -3.79. The minimum atomic E-state index is -3.79. The fourth-order valence-electron chi connectivity index (χ4n) is 3.35. The lowest BCUT2D eigenvalue weighted by Crippen LogP contribution is -2.13. The number of esters is 1. The van der Waals surface area contributed by atoms with Crippen LogP contribution in [-0.2, 0) is 19.6 Å². The van der Waals surface area contributed by atoms with Gasteiger partial charge in [-0.25, -0.2) is 8.42 Å². The first-order chi connectivity index (χ1) is 14.9. The summed E-state index contributed by atoms with van der Waals surface area (Å²) in [5.74, 6) is -0.167. The van der Waals surface area contributed by atoms with Crippen LogP contribution in [0.5, 0.6) is 0 Å². The number of nitrogens with one attached hydrogen (secondary N) is 2. The third-order valence-electron chi connectivity index (χ3n) is 4.83. The van der Waals surface area contributed by atoms with Gasteiger partial charge in [0.05, 0.1) is 28.5 Å². The molecule has 1 heterocycles. The first-order valence-electron chi connectivity index (χ1n) is 9.80. The van der Waals surface area contributed by atoms with E-state index in [9.17, 15) is 13.2 Å². The summed E-state index contributed by atoms with van der Waals surface area (Å²) in [6, 6.07) is 18.2. The molecule has 31 heavy (non-hydrogen) atoms. The summed E-state index contributed by atoms with van der Waals surface area (Å²) in [5.41, 5.74) is 3.01. The van der Waals surface area contributed by atoms with Crippen LogP contribution in [0.25, 0.3) is 21.8 Å². The summed E-state index contributed by atoms with van der Waals surface area (Å²) >= 11 is 1.31. The smallest absolute Gasteiger partial charge is 0.316 e. The Morgan fingerprint density at radius 3 is 2.55 bits per heavy atom. The number of para-hydroxylation sites is 1. The van der Waals surface area contributed by atoms with E-state index in [0.717, 1.165) is 26.7 Å². The summed E-state index contributed by atoms with van der Waals surface area (Å²) in [4.78, 5) is 16.1. The summed E-state index contributed by atoms with van der Waals surface area (Å²) in [6.07, 6.45) is 0. The molecule has 0 aliphatic carbocycles. The van der Waals surface area contributed by atoms with Gasteiger partial charge >= 0.3 is 5.97 Å². The second-order valence-electron chi connectivity index (χ2n) is 7.08. The van der Waals surface area contributed by atoms with Gasteiger partial charge in [0.1, 0.15) is 0 Å². The average Bonchev–Trinajstić information content (AvgIpc) is 3.12. The van der Waals surface area contributed by atoms with E-state index in [1.807, 2.05) is 37.3 Å². The molecule has 0 fully saturated rings. The number of benzene rings is 3. The van der Waals surface area contributed by atoms with Crippen LogP contribution < -0.4 is 4.72 Å². The van der Waals surface area contributed by atoms with Gasteiger partial charge in [0, 0.05) is 21.2 Å². The van der Waals surface area contributed by atoms with Gasteiger partial charge in [0.15, 0.2) is 0 Å². The standard InChI is InChI=1S/C23H22N2O4S2/c1-3-29-22(26)14-30-16-12-19-18-6-4-5-7-20(18)24-23(19)21(13-16)25-31(27,28)17-10-8-15(2)9-11-17/h4-13,24-25H,3,14H2,1-2H3. The maximum atomic E-state index is 13.0. The Morgan fingerprint density at radius 1 is 1.06 bits per heavy atom. The van der Waals surface area contributed by atoms with Crippen molar-refractivity contribution in [2.45, 2.75) is 23.6 Å². The highest BCUT2D eigenvalue weighted by Gasteiger charge is 2.18. The SMILES string of the molecule is CCOC(=O)CSc1cc(NS(=O)(=O)c2ccc(C)cc2)c2[nH]c3ccccc3c2c1. The molecule has 0 unspecified atom stereocenters. The lowest BCUT2D eigenvalue weighted by molar-refractivity contribution is -0.139. The van der Waals surface area contributed by atoms with Gasteiger partial charge in [-0.1, -0.05) is 35.9 Å². The van der Waals surface area contributed by atoms with Crippen molar-refractivity contribution >= 4 is 55.2 Å². The minimum Gasteiger partial charge on any atom is -0.465 e. The zero-order chi connectivity index (χ0) is 22.0. The van der Waals surface area contributed by atoms with Crippen molar-refractivity contribution in [2.24, 2.45) is 0 Å². The molecule has 0 aliphatic heterocycles. The molecule has 0 radical (unpaired) electrons.